The van der Waals surface area contributed by atoms with Crippen LogP contribution in [0.5, 0.6) is 5.75 Å². The van der Waals surface area contributed by atoms with Crippen LogP contribution in [0.15, 0.2) is 59.5 Å². The standard InChI is InChI=1S/C25H33N3O6S/c1-25(2,14-7-15-26)18-28(35(32,33)21-12-10-20(34-3)11-13-21)17-23(29)22(27-24(30)31)16-19-8-5-4-6-9-19/h4-6,8-13,22-23,27,29H,7,14,16-18H2,1-3H3,(H,30,31)/t22-,23-/m0/s1. The number of nitrogens with zero attached hydrogens (tertiary/aromatic N) is 2. The Bertz CT molecular complexity index is 1100. The van der Waals surface area contributed by atoms with Gasteiger partial charge in [0.15, 0.2) is 0 Å². The maximum atomic E-state index is 13.6. The van der Waals surface area contributed by atoms with Crippen molar-refractivity contribution in [2.45, 2.75) is 50.2 Å². The quantitative estimate of drug-likeness (QED) is 0.381. The first-order valence-corrected chi connectivity index (χ1v) is 12.6. The Morgan fingerprint density at radius 2 is 1.80 bits per heavy atom. The van der Waals surface area contributed by atoms with E-state index in [2.05, 4.69) is 11.4 Å². The fourth-order valence-corrected chi connectivity index (χ4v) is 5.39. The number of ether oxygens (including phenoxy) is 1. The van der Waals surface area contributed by atoms with E-state index in [1.54, 1.807) is 24.3 Å². The Morgan fingerprint density at radius 3 is 2.34 bits per heavy atom. The van der Waals surface area contributed by atoms with Gasteiger partial charge in [0.25, 0.3) is 0 Å². The highest BCUT2D eigenvalue weighted by Crippen LogP contribution is 2.28. The van der Waals surface area contributed by atoms with E-state index in [0.717, 1.165) is 5.56 Å². The zero-order chi connectivity index (χ0) is 26.1. The van der Waals surface area contributed by atoms with Crippen molar-refractivity contribution in [3.05, 3.63) is 60.2 Å². The lowest BCUT2D eigenvalue weighted by Crippen LogP contribution is -2.51. The molecule has 0 aromatic heterocycles. The number of benzene rings is 2. The van der Waals surface area contributed by atoms with Gasteiger partial charge in [-0.15, -0.1) is 0 Å². The van der Waals surface area contributed by atoms with Gasteiger partial charge in [-0.3, -0.25) is 0 Å². The summed E-state index contributed by atoms with van der Waals surface area (Å²) in [6.07, 6.45) is -1.75. The molecule has 0 aliphatic heterocycles. The third kappa shape index (κ3) is 8.55. The summed E-state index contributed by atoms with van der Waals surface area (Å²) in [4.78, 5) is 11.4. The van der Waals surface area contributed by atoms with Crippen molar-refractivity contribution < 1.29 is 28.2 Å². The van der Waals surface area contributed by atoms with Crippen molar-refractivity contribution in [1.29, 1.82) is 5.26 Å². The molecule has 1 amide bonds. The predicted octanol–water partition coefficient (Wildman–Crippen LogP) is 3.26. The second-order valence-electron chi connectivity index (χ2n) is 9.11. The molecule has 2 aromatic carbocycles. The van der Waals surface area contributed by atoms with Crippen LogP contribution in [0.4, 0.5) is 4.79 Å². The van der Waals surface area contributed by atoms with E-state index in [9.17, 15) is 23.4 Å². The molecular weight excluding hydrogens is 470 g/mol. The minimum atomic E-state index is -4.05. The summed E-state index contributed by atoms with van der Waals surface area (Å²) in [5.41, 5.74) is 0.230. The molecule has 2 rings (SSSR count). The first-order chi connectivity index (χ1) is 16.5. The van der Waals surface area contributed by atoms with Crippen molar-refractivity contribution in [2.24, 2.45) is 5.41 Å². The summed E-state index contributed by atoms with van der Waals surface area (Å²) in [6.45, 7) is 3.40. The van der Waals surface area contributed by atoms with Crippen LogP contribution in [0, 0.1) is 16.7 Å². The number of hydrogen-bond acceptors (Lipinski definition) is 6. The number of hydrogen-bond donors (Lipinski definition) is 3. The number of nitriles is 1. The summed E-state index contributed by atoms with van der Waals surface area (Å²) in [6, 6.07) is 16.1. The van der Waals surface area contributed by atoms with Crippen molar-refractivity contribution >= 4 is 16.1 Å². The average molecular weight is 504 g/mol. The maximum Gasteiger partial charge on any atom is 0.404 e. The number of rotatable bonds is 13. The third-order valence-electron chi connectivity index (χ3n) is 5.68. The van der Waals surface area contributed by atoms with Gasteiger partial charge >= 0.3 is 6.09 Å². The van der Waals surface area contributed by atoms with Gasteiger partial charge in [0.2, 0.25) is 10.0 Å². The van der Waals surface area contributed by atoms with Gasteiger partial charge in [-0.05, 0) is 48.1 Å². The van der Waals surface area contributed by atoms with Gasteiger partial charge < -0.3 is 20.3 Å². The lowest BCUT2D eigenvalue weighted by atomic mass is 9.88. The molecule has 0 heterocycles. The monoisotopic (exact) mass is 503 g/mol. The van der Waals surface area contributed by atoms with E-state index in [4.69, 9.17) is 10.00 Å². The smallest absolute Gasteiger partial charge is 0.404 e. The predicted molar refractivity (Wildman–Crippen MR) is 131 cm³/mol. The number of carbonyl (C=O) groups is 1. The number of sulfonamides is 1. The van der Waals surface area contributed by atoms with Crippen LogP contribution in [0.3, 0.4) is 0 Å². The highest BCUT2D eigenvalue weighted by Gasteiger charge is 2.34. The minimum absolute atomic E-state index is 0.0207. The number of methoxy groups -OCH3 is 1. The van der Waals surface area contributed by atoms with Crippen molar-refractivity contribution in [1.82, 2.24) is 9.62 Å². The molecule has 0 fully saturated rings. The van der Waals surface area contributed by atoms with E-state index in [0.29, 0.717) is 12.2 Å². The number of aliphatic hydroxyl groups is 1. The normalized spacial score (nSPS) is 13.6. The molecule has 35 heavy (non-hydrogen) atoms. The molecule has 0 spiro atoms. The molecule has 0 radical (unpaired) electrons. The van der Waals surface area contributed by atoms with E-state index < -0.39 is 33.7 Å². The lowest BCUT2D eigenvalue weighted by molar-refractivity contribution is 0.0908. The molecule has 0 bridgehead atoms. The van der Waals surface area contributed by atoms with Crippen molar-refractivity contribution in [3.63, 3.8) is 0 Å². The molecule has 2 atom stereocenters. The highest BCUT2D eigenvalue weighted by atomic mass is 32.2. The van der Waals surface area contributed by atoms with Gasteiger partial charge in [-0.1, -0.05) is 44.2 Å². The zero-order valence-corrected chi connectivity index (χ0v) is 21.0. The molecule has 0 saturated heterocycles. The summed E-state index contributed by atoms with van der Waals surface area (Å²) in [7, 11) is -2.58. The van der Waals surface area contributed by atoms with Crippen molar-refractivity contribution in [3.8, 4) is 11.8 Å². The van der Waals surface area contributed by atoms with Gasteiger partial charge in [0, 0.05) is 19.5 Å². The lowest BCUT2D eigenvalue weighted by Gasteiger charge is -2.34. The van der Waals surface area contributed by atoms with Crippen LogP contribution in [0.25, 0.3) is 0 Å². The fourth-order valence-electron chi connectivity index (χ4n) is 3.74. The van der Waals surface area contributed by atoms with Crippen LogP contribution in [-0.4, -0.2) is 61.4 Å². The summed E-state index contributed by atoms with van der Waals surface area (Å²) in [5, 5.41) is 31.7. The molecule has 3 N–H and O–H groups in total. The summed E-state index contributed by atoms with van der Waals surface area (Å²) in [5.74, 6) is 0.499. The number of amides is 1. The van der Waals surface area contributed by atoms with Crippen LogP contribution in [0.2, 0.25) is 0 Å². The minimum Gasteiger partial charge on any atom is -0.497 e. The Labute approximate surface area is 207 Å². The Hall–Kier alpha value is -3.13. The molecule has 2 aromatic rings. The molecule has 10 heteroatoms. The van der Waals surface area contributed by atoms with Crippen LogP contribution in [-0.2, 0) is 16.4 Å². The molecule has 0 aliphatic rings. The molecule has 0 unspecified atom stereocenters. The van der Waals surface area contributed by atoms with Gasteiger partial charge in [0.1, 0.15) is 5.75 Å². The third-order valence-corrected chi connectivity index (χ3v) is 7.50. The number of carboxylic acid groups (broad SMARTS) is 1. The largest absolute Gasteiger partial charge is 0.497 e. The Morgan fingerprint density at radius 1 is 1.17 bits per heavy atom. The van der Waals surface area contributed by atoms with Gasteiger partial charge in [0.05, 0.1) is 30.2 Å². The van der Waals surface area contributed by atoms with E-state index in [-0.39, 0.29) is 30.8 Å². The van der Waals surface area contributed by atoms with Crippen LogP contribution >= 0.6 is 0 Å². The molecule has 0 saturated carbocycles. The Kier molecular flexibility index (Phi) is 10.1. The highest BCUT2D eigenvalue weighted by molar-refractivity contribution is 7.89. The Balaban J connectivity index is 2.37. The maximum absolute atomic E-state index is 13.6. The second kappa shape index (κ2) is 12.5. The van der Waals surface area contributed by atoms with E-state index in [1.807, 2.05) is 19.9 Å². The van der Waals surface area contributed by atoms with Gasteiger partial charge in [-0.2, -0.15) is 9.57 Å². The molecular formula is C25H33N3O6S. The molecule has 0 aliphatic carbocycles. The topological polar surface area (TPSA) is 140 Å². The summed E-state index contributed by atoms with van der Waals surface area (Å²) >= 11 is 0. The van der Waals surface area contributed by atoms with Crippen LogP contribution in [0.1, 0.15) is 32.3 Å². The van der Waals surface area contributed by atoms with E-state index >= 15 is 0 Å². The van der Waals surface area contributed by atoms with E-state index in [1.165, 1.54) is 35.7 Å². The average Bonchev–Trinajstić information content (AvgIpc) is 2.82. The zero-order valence-electron chi connectivity index (χ0n) is 20.2. The second-order valence-corrected chi connectivity index (χ2v) is 11.0. The molecule has 9 nitrogen and oxygen atoms in total. The number of aliphatic hydroxyl groups excluding tert-OH is 1. The molecule has 190 valence electrons. The summed E-state index contributed by atoms with van der Waals surface area (Å²) < 4.78 is 33.5. The number of nitrogens with one attached hydrogen (secondary N) is 1. The first-order valence-electron chi connectivity index (χ1n) is 11.2. The SMILES string of the molecule is COc1ccc(S(=O)(=O)N(C[C@H](O)[C@H](Cc2ccccc2)NC(=O)O)CC(C)(C)CCC#N)cc1. The van der Waals surface area contributed by atoms with Crippen molar-refractivity contribution in [2.75, 3.05) is 20.2 Å². The first kappa shape index (κ1) is 28.1. The fraction of sp³-hybridized carbons (Fsp3) is 0.440. The van der Waals surface area contributed by atoms with Crippen LogP contribution < -0.4 is 10.1 Å². The van der Waals surface area contributed by atoms with Gasteiger partial charge in [-0.25, -0.2) is 13.2 Å².